The summed E-state index contributed by atoms with van der Waals surface area (Å²) in [7, 11) is 3.89. The number of amides is 3. The van der Waals surface area contributed by atoms with Crippen molar-refractivity contribution in [3.05, 3.63) is 16.0 Å². The van der Waals surface area contributed by atoms with Crippen LogP contribution in [0.4, 0.5) is 9.80 Å². The van der Waals surface area contributed by atoms with Crippen LogP contribution in [0.2, 0.25) is 0 Å². The minimum atomic E-state index is -0.460. The fourth-order valence-electron chi connectivity index (χ4n) is 2.45. The van der Waals surface area contributed by atoms with E-state index in [0.29, 0.717) is 17.1 Å². The zero-order chi connectivity index (χ0) is 15.4. The highest BCUT2D eigenvalue weighted by Crippen LogP contribution is 2.37. The van der Waals surface area contributed by atoms with Crippen molar-refractivity contribution in [1.82, 2.24) is 10.2 Å². The van der Waals surface area contributed by atoms with E-state index in [0.717, 1.165) is 37.8 Å². The molecule has 1 aromatic heterocycles. The molecule has 116 valence electrons. The number of nitrogens with two attached hydrogens (primary N) is 1. The van der Waals surface area contributed by atoms with Crippen LogP contribution in [0.25, 0.3) is 0 Å². The number of urea groups is 1. The first-order chi connectivity index (χ1) is 9.99. The van der Waals surface area contributed by atoms with E-state index >= 15 is 0 Å². The Morgan fingerprint density at radius 2 is 2.00 bits per heavy atom. The van der Waals surface area contributed by atoms with Gasteiger partial charge in [-0.25, -0.2) is 4.79 Å². The summed E-state index contributed by atoms with van der Waals surface area (Å²) >= 11 is 1.48. The van der Waals surface area contributed by atoms with Crippen molar-refractivity contribution in [2.75, 3.05) is 32.5 Å². The third-order valence-electron chi connectivity index (χ3n) is 3.49. The van der Waals surface area contributed by atoms with Crippen LogP contribution in [0.15, 0.2) is 0 Å². The Balaban J connectivity index is 2.07. The Labute approximate surface area is 128 Å². The molecule has 1 aliphatic rings. The number of fused-ring (bicyclic) bond motifs is 1. The van der Waals surface area contributed by atoms with Crippen LogP contribution in [0.1, 0.15) is 33.6 Å². The van der Waals surface area contributed by atoms with Gasteiger partial charge in [0.25, 0.3) is 5.91 Å². The molecular formula is C14H22N4O2S. The monoisotopic (exact) mass is 310 g/mol. The van der Waals surface area contributed by atoms with Gasteiger partial charge in [-0.05, 0) is 45.3 Å². The lowest BCUT2D eigenvalue weighted by Crippen LogP contribution is -2.34. The number of nitrogens with one attached hydrogen (secondary N) is 2. The predicted molar refractivity (Wildman–Crippen MR) is 85.1 cm³/mol. The quantitative estimate of drug-likeness (QED) is 0.768. The molecule has 0 fully saturated rings. The van der Waals surface area contributed by atoms with Crippen molar-refractivity contribution in [2.24, 2.45) is 5.73 Å². The fraction of sp³-hybridized carbons (Fsp3) is 0.571. The third kappa shape index (κ3) is 3.95. The smallest absolute Gasteiger partial charge is 0.319 e. The summed E-state index contributed by atoms with van der Waals surface area (Å²) in [5.41, 5.74) is 7.02. The molecule has 7 heteroatoms. The molecule has 0 unspecified atom stereocenters. The van der Waals surface area contributed by atoms with Gasteiger partial charge in [0.1, 0.15) is 5.00 Å². The highest BCUT2D eigenvalue weighted by molar-refractivity contribution is 7.17. The molecule has 0 saturated carbocycles. The van der Waals surface area contributed by atoms with Crippen LogP contribution >= 0.6 is 11.3 Å². The van der Waals surface area contributed by atoms with Crippen molar-refractivity contribution in [2.45, 2.75) is 25.7 Å². The largest absolute Gasteiger partial charge is 0.365 e. The highest BCUT2D eigenvalue weighted by atomic mass is 32.1. The second kappa shape index (κ2) is 6.91. The van der Waals surface area contributed by atoms with E-state index in [2.05, 4.69) is 10.6 Å². The number of aryl methyl sites for hydroxylation is 1. The van der Waals surface area contributed by atoms with Crippen molar-refractivity contribution in [3.8, 4) is 0 Å². The Morgan fingerprint density at radius 1 is 1.29 bits per heavy atom. The SMILES string of the molecule is CN(C)CCNC(=O)Nc1sc2c(c1C(N)=O)CCCC2. The average molecular weight is 310 g/mol. The zero-order valence-corrected chi connectivity index (χ0v) is 13.3. The second-order valence-electron chi connectivity index (χ2n) is 5.46. The van der Waals surface area contributed by atoms with Gasteiger partial charge in [0.15, 0.2) is 0 Å². The maximum atomic E-state index is 11.9. The minimum Gasteiger partial charge on any atom is -0.365 e. The van der Waals surface area contributed by atoms with E-state index < -0.39 is 5.91 Å². The topological polar surface area (TPSA) is 87.5 Å². The lowest BCUT2D eigenvalue weighted by Gasteiger charge is -2.12. The molecule has 0 saturated heterocycles. The summed E-state index contributed by atoms with van der Waals surface area (Å²) < 4.78 is 0. The number of carbonyl (C=O) groups is 2. The first-order valence-corrected chi connectivity index (χ1v) is 7.94. The Hall–Kier alpha value is -1.60. The number of primary amides is 1. The van der Waals surface area contributed by atoms with Crippen LogP contribution in [0, 0.1) is 0 Å². The zero-order valence-electron chi connectivity index (χ0n) is 12.5. The first-order valence-electron chi connectivity index (χ1n) is 7.13. The molecule has 0 spiro atoms. The van der Waals surface area contributed by atoms with Gasteiger partial charge in [-0.3, -0.25) is 10.1 Å². The van der Waals surface area contributed by atoms with E-state index in [-0.39, 0.29) is 6.03 Å². The minimum absolute atomic E-state index is 0.294. The Morgan fingerprint density at radius 3 is 2.67 bits per heavy atom. The molecule has 3 amide bonds. The van der Waals surface area contributed by atoms with Crippen molar-refractivity contribution >= 4 is 28.3 Å². The van der Waals surface area contributed by atoms with Crippen LogP contribution in [-0.2, 0) is 12.8 Å². The molecule has 0 aliphatic heterocycles. The number of thiophene rings is 1. The standard InChI is InChI=1S/C14H22N4O2S/c1-18(2)8-7-16-14(20)17-13-11(12(15)19)9-5-3-4-6-10(9)21-13/h3-8H2,1-2H3,(H2,15,19)(H2,16,17,20). The number of likely N-dealkylation sites (N-methyl/N-ethyl adjacent to an activating group) is 1. The predicted octanol–water partition coefficient (Wildman–Crippen LogP) is 1.41. The van der Waals surface area contributed by atoms with E-state index in [9.17, 15) is 9.59 Å². The molecule has 1 aromatic rings. The molecule has 0 atom stereocenters. The van der Waals surface area contributed by atoms with Crippen LogP contribution in [0.3, 0.4) is 0 Å². The number of carbonyl (C=O) groups excluding carboxylic acids is 2. The van der Waals surface area contributed by atoms with Gasteiger partial charge in [-0.15, -0.1) is 11.3 Å². The summed E-state index contributed by atoms with van der Waals surface area (Å²) in [5.74, 6) is -0.460. The summed E-state index contributed by atoms with van der Waals surface area (Å²) in [6, 6.07) is -0.294. The maximum Gasteiger partial charge on any atom is 0.319 e. The van der Waals surface area contributed by atoms with Crippen molar-refractivity contribution in [3.63, 3.8) is 0 Å². The van der Waals surface area contributed by atoms with Crippen LogP contribution in [0.5, 0.6) is 0 Å². The number of nitrogens with zero attached hydrogens (tertiary/aromatic N) is 1. The van der Waals surface area contributed by atoms with E-state index in [1.165, 1.54) is 16.2 Å². The molecule has 2 rings (SSSR count). The summed E-state index contributed by atoms with van der Waals surface area (Å²) in [5, 5.41) is 6.12. The fourth-order valence-corrected chi connectivity index (χ4v) is 3.74. The molecule has 21 heavy (non-hydrogen) atoms. The van der Waals surface area contributed by atoms with Gasteiger partial charge in [0.05, 0.1) is 5.56 Å². The summed E-state index contributed by atoms with van der Waals surface area (Å²) in [6.07, 6.45) is 4.02. The molecule has 0 aromatic carbocycles. The normalized spacial score (nSPS) is 13.9. The summed E-state index contributed by atoms with van der Waals surface area (Å²) in [4.78, 5) is 26.7. The average Bonchev–Trinajstić information content (AvgIpc) is 2.75. The summed E-state index contributed by atoms with van der Waals surface area (Å²) in [6.45, 7) is 1.31. The highest BCUT2D eigenvalue weighted by Gasteiger charge is 2.24. The second-order valence-corrected chi connectivity index (χ2v) is 6.57. The number of rotatable bonds is 5. The Kier molecular flexibility index (Phi) is 5.19. The number of hydrogen-bond acceptors (Lipinski definition) is 4. The van der Waals surface area contributed by atoms with E-state index in [1.54, 1.807) is 0 Å². The molecule has 1 aliphatic carbocycles. The van der Waals surface area contributed by atoms with Crippen molar-refractivity contribution in [1.29, 1.82) is 0 Å². The van der Waals surface area contributed by atoms with Crippen LogP contribution < -0.4 is 16.4 Å². The van der Waals surface area contributed by atoms with Gasteiger partial charge in [0, 0.05) is 18.0 Å². The number of hydrogen-bond donors (Lipinski definition) is 3. The van der Waals surface area contributed by atoms with Gasteiger partial charge in [-0.1, -0.05) is 0 Å². The molecule has 0 bridgehead atoms. The lowest BCUT2D eigenvalue weighted by molar-refractivity contribution is 0.100. The Bertz CT molecular complexity index is 539. The van der Waals surface area contributed by atoms with Gasteiger partial charge in [0.2, 0.25) is 0 Å². The van der Waals surface area contributed by atoms with E-state index in [4.69, 9.17) is 5.73 Å². The van der Waals surface area contributed by atoms with Gasteiger partial charge >= 0.3 is 6.03 Å². The lowest BCUT2D eigenvalue weighted by atomic mass is 9.95. The van der Waals surface area contributed by atoms with Gasteiger partial charge in [-0.2, -0.15) is 0 Å². The molecule has 4 N–H and O–H groups in total. The molecule has 1 heterocycles. The third-order valence-corrected chi connectivity index (χ3v) is 4.70. The van der Waals surface area contributed by atoms with E-state index in [1.807, 2.05) is 19.0 Å². The van der Waals surface area contributed by atoms with Crippen LogP contribution in [-0.4, -0.2) is 44.0 Å². The van der Waals surface area contributed by atoms with Gasteiger partial charge < -0.3 is 16.0 Å². The molecular weight excluding hydrogens is 288 g/mol. The molecule has 0 radical (unpaired) electrons. The number of anilines is 1. The maximum absolute atomic E-state index is 11.9. The first kappa shape index (κ1) is 15.8. The molecule has 6 nitrogen and oxygen atoms in total. The van der Waals surface area contributed by atoms with Crippen molar-refractivity contribution < 1.29 is 9.59 Å².